The van der Waals surface area contributed by atoms with Crippen LogP contribution in [0.4, 0.5) is 0 Å². The smallest absolute Gasteiger partial charge is 0.223 e. The second-order valence-corrected chi connectivity index (χ2v) is 4.71. The van der Waals surface area contributed by atoms with E-state index in [0.29, 0.717) is 18.4 Å². The van der Waals surface area contributed by atoms with Crippen LogP contribution in [-0.2, 0) is 11.3 Å². The summed E-state index contributed by atoms with van der Waals surface area (Å²) in [6.45, 7) is 2.87. The molecule has 1 saturated carbocycles. The number of pyridine rings is 1. The third kappa shape index (κ3) is 3.55. The number of carbonyl (C=O) groups is 1. The Labute approximate surface area is 103 Å². The van der Waals surface area contributed by atoms with Crippen LogP contribution in [0.2, 0.25) is 0 Å². The van der Waals surface area contributed by atoms with E-state index in [0.717, 1.165) is 19.4 Å². The van der Waals surface area contributed by atoms with E-state index in [4.69, 9.17) is 0 Å². The van der Waals surface area contributed by atoms with Crippen molar-refractivity contribution in [1.29, 1.82) is 0 Å². The Bertz CT molecular complexity index is 360. The molecule has 0 bridgehead atoms. The first-order chi connectivity index (χ1) is 8.31. The lowest BCUT2D eigenvalue weighted by Gasteiger charge is -2.22. The molecule has 0 spiro atoms. The van der Waals surface area contributed by atoms with Crippen LogP contribution in [0.5, 0.6) is 0 Å². The molecule has 0 N–H and O–H groups in total. The highest BCUT2D eigenvalue weighted by atomic mass is 16.2. The number of rotatable bonds is 6. The minimum Gasteiger partial charge on any atom is -0.335 e. The van der Waals surface area contributed by atoms with Crippen LogP contribution < -0.4 is 0 Å². The minimum atomic E-state index is 0.311. The van der Waals surface area contributed by atoms with E-state index < -0.39 is 0 Å². The van der Waals surface area contributed by atoms with Gasteiger partial charge in [0.25, 0.3) is 0 Å². The molecule has 0 aliphatic heterocycles. The lowest BCUT2D eigenvalue weighted by Crippen LogP contribution is -2.32. The standard InChI is InChI=1S/C14H20N2O/c1-2-3-4-14(17)16(13-5-6-13)11-12-7-9-15-10-8-12/h7-10,13H,2-6,11H2,1H3. The van der Waals surface area contributed by atoms with Crippen molar-refractivity contribution in [2.24, 2.45) is 0 Å². The predicted octanol–water partition coefficient (Wildman–Crippen LogP) is 2.76. The van der Waals surface area contributed by atoms with Crippen molar-refractivity contribution >= 4 is 5.91 Å². The molecular formula is C14H20N2O. The molecule has 17 heavy (non-hydrogen) atoms. The molecule has 1 heterocycles. The number of hydrogen-bond acceptors (Lipinski definition) is 2. The number of hydrogen-bond donors (Lipinski definition) is 0. The lowest BCUT2D eigenvalue weighted by atomic mass is 10.2. The van der Waals surface area contributed by atoms with E-state index in [-0.39, 0.29) is 0 Å². The van der Waals surface area contributed by atoms with Crippen LogP contribution >= 0.6 is 0 Å². The fraction of sp³-hybridized carbons (Fsp3) is 0.571. The highest BCUT2D eigenvalue weighted by Crippen LogP contribution is 2.29. The summed E-state index contributed by atoms with van der Waals surface area (Å²) >= 11 is 0. The summed E-state index contributed by atoms with van der Waals surface area (Å²) in [4.78, 5) is 18.1. The van der Waals surface area contributed by atoms with Gasteiger partial charge in [-0.2, -0.15) is 0 Å². The first kappa shape index (κ1) is 12.1. The summed E-state index contributed by atoms with van der Waals surface area (Å²) in [5.41, 5.74) is 1.18. The number of aromatic nitrogens is 1. The Kier molecular flexibility index (Phi) is 4.13. The predicted molar refractivity (Wildman–Crippen MR) is 67.3 cm³/mol. The molecule has 1 fully saturated rings. The molecule has 1 aliphatic carbocycles. The van der Waals surface area contributed by atoms with Crippen molar-refractivity contribution in [3.05, 3.63) is 30.1 Å². The summed E-state index contributed by atoms with van der Waals surface area (Å²) in [5.74, 6) is 0.311. The monoisotopic (exact) mass is 232 g/mol. The zero-order chi connectivity index (χ0) is 12.1. The second kappa shape index (κ2) is 5.80. The fourth-order valence-corrected chi connectivity index (χ4v) is 1.96. The van der Waals surface area contributed by atoms with Crippen LogP contribution in [0, 0.1) is 0 Å². The maximum Gasteiger partial charge on any atom is 0.223 e. The van der Waals surface area contributed by atoms with Gasteiger partial charge in [-0.3, -0.25) is 9.78 Å². The second-order valence-electron chi connectivity index (χ2n) is 4.71. The van der Waals surface area contributed by atoms with E-state index in [2.05, 4.69) is 11.9 Å². The van der Waals surface area contributed by atoms with Crippen molar-refractivity contribution in [2.75, 3.05) is 0 Å². The largest absolute Gasteiger partial charge is 0.335 e. The van der Waals surface area contributed by atoms with Crippen LogP contribution in [-0.4, -0.2) is 21.8 Å². The number of amides is 1. The maximum atomic E-state index is 12.1. The van der Waals surface area contributed by atoms with Crippen molar-refractivity contribution in [1.82, 2.24) is 9.88 Å². The molecule has 0 atom stereocenters. The first-order valence-electron chi connectivity index (χ1n) is 6.49. The van der Waals surface area contributed by atoms with E-state index in [1.54, 1.807) is 12.4 Å². The van der Waals surface area contributed by atoms with E-state index in [9.17, 15) is 4.79 Å². The third-order valence-corrected chi connectivity index (χ3v) is 3.15. The molecule has 1 aromatic heterocycles. The van der Waals surface area contributed by atoms with Gasteiger partial charge in [-0.15, -0.1) is 0 Å². The van der Waals surface area contributed by atoms with Gasteiger partial charge in [-0.25, -0.2) is 0 Å². The van der Waals surface area contributed by atoms with Crippen LogP contribution in [0.25, 0.3) is 0 Å². The molecule has 0 aromatic carbocycles. The molecule has 3 nitrogen and oxygen atoms in total. The Hall–Kier alpha value is -1.38. The van der Waals surface area contributed by atoms with Crippen LogP contribution in [0.1, 0.15) is 44.6 Å². The molecule has 1 aliphatic rings. The van der Waals surface area contributed by atoms with Gasteiger partial charge in [0.2, 0.25) is 5.91 Å². The number of unbranched alkanes of at least 4 members (excludes halogenated alkanes) is 1. The van der Waals surface area contributed by atoms with Crippen LogP contribution in [0.15, 0.2) is 24.5 Å². The average molecular weight is 232 g/mol. The molecule has 92 valence electrons. The summed E-state index contributed by atoms with van der Waals surface area (Å²) in [7, 11) is 0. The summed E-state index contributed by atoms with van der Waals surface area (Å²) in [6, 6.07) is 4.47. The summed E-state index contributed by atoms with van der Waals surface area (Å²) in [5, 5.41) is 0. The van der Waals surface area contributed by atoms with Gasteiger partial charge < -0.3 is 4.90 Å². The van der Waals surface area contributed by atoms with Gasteiger partial charge in [0.05, 0.1) is 0 Å². The van der Waals surface area contributed by atoms with Crippen molar-refractivity contribution in [3.8, 4) is 0 Å². The average Bonchev–Trinajstić information content (AvgIpc) is 3.18. The highest BCUT2D eigenvalue weighted by molar-refractivity contribution is 5.76. The molecule has 0 unspecified atom stereocenters. The Morgan fingerprint density at radius 2 is 2.12 bits per heavy atom. The topological polar surface area (TPSA) is 33.2 Å². The lowest BCUT2D eigenvalue weighted by molar-refractivity contribution is -0.132. The normalized spacial score (nSPS) is 14.6. The van der Waals surface area contributed by atoms with Gasteiger partial charge in [-0.1, -0.05) is 13.3 Å². The van der Waals surface area contributed by atoms with E-state index >= 15 is 0 Å². The van der Waals surface area contributed by atoms with Crippen molar-refractivity contribution in [2.45, 2.75) is 51.6 Å². The third-order valence-electron chi connectivity index (χ3n) is 3.15. The molecule has 0 radical (unpaired) electrons. The van der Waals surface area contributed by atoms with Gasteiger partial charge in [-0.05, 0) is 37.0 Å². The zero-order valence-corrected chi connectivity index (χ0v) is 10.4. The fourth-order valence-electron chi connectivity index (χ4n) is 1.96. The Morgan fingerprint density at radius 3 is 2.71 bits per heavy atom. The molecule has 0 saturated heterocycles. The molecular weight excluding hydrogens is 212 g/mol. The van der Waals surface area contributed by atoms with Crippen molar-refractivity contribution in [3.63, 3.8) is 0 Å². The number of carbonyl (C=O) groups excluding carboxylic acids is 1. The highest BCUT2D eigenvalue weighted by Gasteiger charge is 2.31. The van der Waals surface area contributed by atoms with Crippen LogP contribution in [0.3, 0.4) is 0 Å². The van der Waals surface area contributed by atoms with E-state index in [1.807, 2.05) is 17.0 Å². The Balaban J connectivity index is 1.95. The van der Waals surface area contributed by atoms with E-state index in [1.165, 1.54) is 18.4 Å². The summed E-state index contributed by atoms with van der Waals surface area (Å²) in [6.07, 6.45) is 8.69. The van der Waals surface area contributed by atoms with Crippen molar-refractivity contribution < 1.29 is 4.79 Å². The zero-order valence-electron chi connectivity index (χ0n) is 10.4. The maximum absolute atomic E-state index is 12.1. The minimum absolute atomic E-state index is 0.311. The first-order valence-corrected chi connectivity index (χ1v) is 6.49. The molecule has 3 heteroatoms. The molecule has 1 aromatic rings. The Morgan fingerprint density at radius 1 is 1.41 bits per heavy atom. The molecule has 2 rings (SSSR count). The van der Waals surface area contributed by atoms with Gasteiger partial charge in [0.15, 0.2) is 0 Å². The van der Waals surface area contributed by atoms with Gasteiger partial charge >= 0.3 is 0 Å². The van der Waals surface area contributed by atoms with Gasteiger partial charge in [0, 0.05) is 31.4 Å². The SMILES string of the molecule is CCCCC(=O)N(Cc1ccncc1)C1CC1. The number of nitrogens with zero attached hydrogens (tertiary/aromatic N) is 2. The van der Waals surface area contributed by atoms with Gasteiger partial charge in [0.1, 0.15) is 0 Å². The molecule has 1 amide bonds. The quantitative estimate of drug-likeness (QED) is 0.755. The summed E-state index contributed by atoms with van der Waals surface area (Å²) < 4.78 is 0.